The van der Waals surface area contributed by atoms with Gasteiger partial charge in [-0.2, -0.15) is 4.98 Å². The number of hydrogen-bond donors (Lipinski definition) is 3. The van der Waals surface area contributed by atoms with Crippen LogP contribution in [0.5, 0.6) is 5.88 Å². The van der Waals surface area contributed by atoms with Gasteiger partial charge in [-0.25, -0.2) is 0 Å². The highest BCUT2D eigenvalue weighted by atomic mass is 32.2. The van der Waals surface area contributed by atoms with Crippen LogP contribution in [0.1, 0.15) is 31.7 Å². The van der Waals surface area contributed by atoms with Gasteiger partial charge in [0.2, 0.25) is 5.88 Å². The van der Waals surface area contributed by atoms with Gasteiger partial charge in [-0.05, 0) is 12.8 Å². The Bertz CT molecular complexity index is 446. The molecule has 0 aliphatic carbocycles. The highest BCUT2D eigenvalue weighted by Crippen LogP contribution is 2.17. The van der Waals surface area contributed by atoms with Crippen LogP contribution in [-0.4, -0.2) is 41.5 Å². The smallest absolute Gasteiger partial charge is 0.258 e. The van der Waals surface area contributed by atoms with Gasteiger partial charge >= 0.3 is 0 Å². The third-order valence-corrected chi connectivity index (χ3v) is 3.72. The number of H-pyrrole nitrogens is 1. The van der Waals surface area contributed by atoms with Crippen molar-refractivity contribution >= 4 is 11.8 Å². The van der Waals surface area contributed by atoms with Crippen LogP contribution in [0.4, 0.5) is 0 Å². The predicted molar refractivity (Wildman–Crippen MR) is 78.2 cm³/mol. The summed E-state index contributed by atoms with van der Waals surface area (Å²) in [6.07, 6.45) is 3.65. The summed E-state index contributed by atoms with van der Waals surface area (Å²) in [5, 5.41) is 10.3. The first-order chi connectivity index (χ1) is 9.04. The molecule has 1 aromatic heterocycles. The first-order valence-electron chi connectivity index (χ1n) is 6.78. The fraction of sp³-hybridized carbons (Fsp3) is 0.692. The van der Waals surface area contributed by atoms with E-state index in [1.165, 1.54) is 16.7 Å². The van der Waals surface area contributed by atoms with Crippen molar-refractivity contribution in [1.29, 1.82) is 0 Å². The number of aromatic nitrogens is 2. The number of quaternary nitrogens is 1. The predicted octanol–water partition coefficient (Wildman–Crippen LogP) is 0.445. The van der Waals surface area contributed by atoms with Gasteiger partial charge in [-0.3, -0.25) is 4.79 Å². The van der Waals surface area contributed by atoms with E-state index >= 15 is 0 Å². The molecule has 1 rings (SSSR count). The van der Waals surface area contributed by atoms with E-state index in [-0.39, 0.29) is 11.4 Å². The molecule has 0 saturated carbocycles. The second-order valence-electron chi connectivity index (χ2n) is 4.94. The fourth-order valence-corrected chi connectivity index (χ4v) is 2.68. The zero-order valence-electron chi connectivity index (χ0n) is 12.0. The Morgan fingerprint density at radius 3 is 2.68 bits per heavy atom. The highest BCUT2D eigenvalue weighted by Gasteiger charge is 2.10. The Morgan fingerprint density at radius 2 is 2.11 bits per heavy atom. The average Bonchev–Trinajstić information content (AvgIpc) is 2.32. The highest BCUT2D eigenvalue weighted by molar-refractivity contribution is 7.99. The maximum absolute atomic E-state index is 11.9. The number of hydrogen-bond acceptors (Lipinski definition) is 4. The van der Waals surface area contributed by atoms with Crippen LogP contribution < -0.4 is 10.5 Å². The number of rotatable bonds is 8. The van der Waals surface area contributed by atoms with Crippen LogP contribution >= 0.6 is 11.8 Å². The third-order valence-electron chi connectivity index (χ3n) is 2.84. The molecular weight excluding hydrogens is 262 g/mol. The maximum Gasteiger partial charge on any atom is 0.258 e. The van der Waals surface area contributed by atoms with E-state index in [2.05, 4.69) is 31.0 Å². The summed E-state index contributed by atoms with van der Waals surface area (Å²) in [6, 6.07) is 0. The zero-order chi connectivity index (χ0) is 14.3. The molecule has 0 spiro atoms. The monoisotopic (exact) mass is 286 g/mol. The molecule has 3 N–H and O–H groups in total. The molecule has 6 heteroatoms. The molecule has 108 valence electrons. The van der Waals surface area contributed by atoms with Crippen LogP contribution in [0.2, 0.25) is 0 Å². The maximum atomic E-state index is 11.9. The first-order valence-corrected chi connectivity index (χ1v) is 7.77. The standard InChI is InChI=1S/C13H23N3O2S/c1-4-5-6-7-10-11(17)14-13(15-12(10)18)19-9-8-16(2)3/h4-9H2,1-3H3,(H2,14,15,17,18)/p+1. The van der Waals surface area contributed by atoms with Crippen molar-refractivity contribution in [2.24, 2.45) is 0 Å². The topological polar surface area (TPSA) is 70.4 Å². The largest absolute Gasteiger partial charge is 0.493 e. The van der Waals surface area contributed by atoms with E-state index in [1.807, 2.05) is 0 Å². The lowest BCUT2D eigenvalue weighted by Gasteiger charge is -2.07. The molecule has 19 heavy (non-hydrogen) atoms. The van der Waals surface area contributed by atoms with Crippen molar-refractivity contribution in [2.75, 3.05) is 26.4 Å². The Kier molecular flexibility index (Phi) is 6.94. The van der Waals surface area contributed by atoms with Gasteiger partial charge in [-0.1, -0.05) is 31.5 Å². The van der Waals surface area contributed by atoms with Crippen LogP contribution in [0.15, 0.2) is 9.95 Å². The lowest BCUT2D eigenvalue weighted by molar-refractivity contribution is -0.855. The third kappa shape index (κ3) is 5.65. The average molecular weight is 286 g/mol. The lowest BCUT2D eigenvalue weighted by Crippen LogP contribution is -3.06. The van der Waals surface area contributed by atoms with Crippen molar-refractivity contribution in [1.82, 2.24) is 9.97 Å². The van der Waals surface area contributed by atoms with Gasteiger partial charge in [0.05, 0.1) is 32.0 Å². The molecule has 0 unspecified atom stereocenters. The fourth-order valence-electron chi connectivity index (χ4n) is 1.66. The number of aromatic amines is 1. The number of thioether (sulfide) groups is 1. The Balaban J connectivity index is 2.65. The minimum Gasteiger partial charge on any atom is -0.493 e. The Hall–Kier alpha value is -1.01. The molecule has 0 amide bonds. The second-order valence-corrected chi connectivity index (χ2v) is 6.02. The zero-order valence-corrected chi connectivity index (χ0v) is 12.8. The number of aromatic hydroxyl groups is 1. The van der Waals surface area contributed by atoms with Crippen molar-refractivity contribution in [3.63, 3.8) is 0 Å². The van der Waals surface area contributed by atoms with Crippen LogP contribution in [0, 0.1) is 0 Å². The van der Waals surface area contributed by atoms with Gasteiger partial charge < -0.3 is 15.0 Å². The van der Waals surface area contributed by atoms with E-state index in [9.17, 15) is 9.90 Å². The summed E-state index contributed by atoms with van der Waals surface area (Å²) in [5.41, 5.74) is 0.208. The second kappa shape index (κ2) is 8.22. The van der Waals surface area contributed by atoms with E-state index in [0.717, 1.165) is 31.6 Å². The van der Waals surface area contributed by atoms with E-state index in [0.29, 0.717) is 17.1 Å². The van der Waals surface area contributed by atoms with Gasteiger partial charge in [0.25, 0.3) is 5.56 Å². The van der Waals surface area contributed by atoms with E-state index in [4.69, 9.17) is 0 Å². The molecule has 0 aliphatic rings. The SMILES string of the molecule is CCCCCc1c(O)nc(SCC[NH+](C)C)[nH]c1=O. The molecule has 0 aromatic carbocycles. The summed E-state index contributed by atoms with van der Waals surface area (Å²) in [7, 11) is 4.15. The van der Waals surface area contributed by atoms with Crippen LogP contribution in [-0.2, 0) is 6.42 Å². The molecular formula is C13H24N3O2S+. The molecule has 1 heterocycles. The van der Waals surface area contributed by atoms with Crippen molar-refractivity contribution in [3.05, 3.63) is 15.9 Å². The summed E-state index contributed by atoms with van der Waals surface area (Å²) < 4.78 is 0. The minimum atomic E-state index is -0.205. The quantitative estimate of drug-likeness (QED) is 0.368. The molecule has 0 atom stereocenters. The molecule has 1 aromatic rings. The normalized spacial score (nSPS) is 11.2. The summed E-state index contributed by atoms with van der Waals surface area (Å²) in [4.78, 5) is 20.0. The molecule has 0 bridgehead atoms. The van der Waals surface area contributed by atoms with Gasteiger partial charge in [0.1, 0.15) is 0 Å². The molecule has 0 radical (unpaired) electrons. The summed E-state index contributed by atoms with van der Waals surface area (Å²) >= 11 is 1.47. The minimum absolute atomic E-state index is 0.112. The van der Waals surface area contributed by atoms with Crippen molar-refractivity contribution < 1.29 is 10.0 Å². The van der Waals surface area contributed by atoms with E-state index < -0.39 is 0 Å². The van der Waals surface area contributed by atoms with E-state index in [1.54, 1.807) is 0 Å². The van der Waals surface area contributed by atoms with Crippen LogP contribution in [0.3, 0.4) is 0 Å². The van der Waals surface area contributed by atoms with Gasteiger partial charge in [0, 0.05) is 0 Å². The Morgan fingerprint density at radius 1 is 1.37 bits per heavy atom. The number of nitrogens with zero attached hydrogens (tertiary/aromatic N) is 1. The first kappa shape index (κ1) is 16.0. The summed E-state index contributed by atoms with van der Waals surface area (Å²) in [6.45, 7) is 3.09. The molecule has 0 saturated heterocycles. The summed E-state index contributed by atoms with van der Waals surface area (Å²) in [5.74, 6) is 0.749. The number of nitrogens with one attached hydrogen (secondary N) is 2. The number of unbranched alkanes of at least 4 members (excludes halogenated alkanes) is 2. The lowest BCUT2D eigenvalue weighted by atomic mass is 10.1. The molecule has 5 nitrogen and oxygen atoms in total. The van der Waals surface area contributed by atoms with Crippen molar-refractivity contribution in [2.45, 2.75) is 37.8 Å². The van der Waals surface area contributed by atoms with Gasteiger partial charge in [0.15, 0.2) is 5.16 Å². The van der Waals surface area contributed by atoms with Crippen molar-refractivity contribution in [3.8, 4) is 5.88 Å². The van der Waals surface area contributed by atoms with Gasteiger partial charge in [-0.15, -0.1) is 0 Å². The molecule has 0 fully saturated rings. The Labute approximate surface area is 118 Å². The van der Waals surface area contributed by atoms with Crippen LogP contribution in [0.25, 0.3) is 0 Å². The molecule has 0 aliphatic heterocycles.